The molecule has 0 saturated carbocycles. The number of halogens is 1. The summed E-state index contributed by atoms with van der Waals surface area (Å²) in [5, 5.41) is 8.40. The lowest BCUT2D eigenvalue weighted by atomic mass is 10.1. The molecule has 2 N–H and O–H groups in total. The van der Waals surface area contributed by atoms with Crippen molar-refractivity contribution in [3.8, 4) is 0 Å². The van der Waals surface area contributed by atoms with Crippen LogP contribution in [-0.2, 0) is 4.79 Å². The number of benzene rings is 2. The first kappa shape index (κ1) is 16.9. The molecular formula is C18H14BrNO3. The highest BCUT2D eigenvalue weighted by Gasteiger charge is 2.05. The molecule has 2 aromatic rings. The molecule has 0 saturated heterocycles. The van der Waals surface area contributed by atoms with E-state index in [9.17, 15) is 9.59 Å². The summed E-state index contributed by atoms with van der Waals surface area (Å²) < 4.78 is 0.761. The zero-order valence-electron chi connectivity index (χ0n) is 12.1. The average Bonchev–Trinajstić information content (AvgIpc) is 2.58. The van der Waals surface area contributed by atoms with Crippen LogP contribution in [0, 0.1) is 0 Å². The van der Waals surface area contributed by atoms with Crippen molar-refractivity contribution in [3.05, 3.63) is 81.8 Å². The largest absolute Gasteiger partial charge is 0.289 e. The molecule has 2 aromatic carbocycles. The van der Waals surface area contributed by atoms with E-state index < -0.39 is 5.91 Å². The van der Waals surface area contributed by atoms with Gasteiger partial charge in [-0.15, -0.1) is 0 Å². The summed E-state index contributed by atoms with van der Waals surface area (Å²) in [4.78, 5) is 23.0. The van der Waals surface area contributed by atoms with Gasteiger partial charge in [-0.2, -0.15) is 0 Å². The van der Waals surface area contributed by atoms with Crippen molar-refractivity contribution in [3.63, 3.8) is 0 Å². The van der Waals surface area contributed by atoms with Gasteiger partial charge in [0.25, 0.3) is 5.91 Å². The Morgan fingerprint density at radius 1 is 0.913 bits per heavy atom. The first-order valence-corrected chi connectivity index (χ1v) is 7.58. The number of amides is 1. The van der Waals surface area contributed by atoms with E-state index in [2.05, 4.69) is 15.9 Å². The minimum absolute atomic E-state index is 0.0823. The van der Waals surface area contributed by atoms with Gasteiger partial charge in [-0.25, -0.2) is 5.48 Å². The molecule has 2 rings (SSSR count). The van der Waals surface area contributed by atoms with E-state index >= 15 is 0 Å². The molecular weight excluding hydrogens is 358 g/mol. The SMILES string of the molecule is O=C(C=Cc1ccc(C=CC(=O)c2ccccc2Br)cc1)NO. The summed E-state index contributed by atoms with van der Waals surface area (Å²) in [7, 11) is 0. The lowest BCUT2D eigenvalue weighted by Crippen LogP contribution is -2.14. The van der Waals surface area contributed by atoms with E-state index in [1.807, 2.05) is 42.5 Å². The molecule has 0 radical (unpaired) electrons. The molecule has 0 heterocycles. The van der Waals surface area contributed by atoms with E-state index in [1.54, 1.807) is 18.2 Å². The van der Waals surface area contributed by atoms with Crippen LogP contribution in [0.1, 0.15) is 21.5 Å². The number of hydroxylamine groups is 1. The second-order valence-corrected chi connectivity index (χ2v) is 5.51. The molecule has 0 aliphatic carbocycles. The summed E-state index contributed by atoms with van der Waals surface area (Å²) in [6, 6.07) is 14.5. The number of carbonyl (C=O) groups is 2. The second-order valence-electron chi connectivity index (χ2n) is 4.65. The van der Waals surface area contributed by atoms with Gasteiger partial charge in [0.2, 0.25) is 0 Å². The molecule has 0 atom stereocenters. The fraction of sp³-hybridized carbons (Fsp3) is 0. The molecule has 0 aromatic heterocycles. The highest BCUT2D eigenvalue weighted by atomic mass is 79.9. The monoisotopic (exact) mass is 371 g/mol. The van der Waals surface area contributed by atoms with E-state index in [-0.39, 0.29) is 5.78 Å². The quantitative estimate of drug-likeness (QED) is 0.363. The maximum Gasteiger partial charge on any atom is 0.267 e. The van der Waals surface area contributed by atoms with Crippen LogP contribution >= 0.6 is 15.9 Å². The number of hydrogen-bond acceptors (Lipinski definition) is 3. The predicted molar refractivity (Wildman–Crippen MR) is 92.9 cm³/mol. The molecule has 0 spiro atoms. The molecule has 0 unspecified atom stereocenters. The number of rotatable bonds is 5. The van der Waals surface area contributed by atoms with Gasteiger partial charge in [0.15, 0.2) is 5.78 Å². The standard InChI is InChI=1S/C18H14BrNO3/c19-16-4-2-1-3-15(16)17(21)11-9-13-5-7-14(8-6-13)10-12-18(22)20-23/h1-12,23H,(H,20,22). The summed E-state index contributed by atoms with van der Waals surface area (Å²) >= 11 is 3.35. The minimum Gasteiger partial charge on any atom is -0.289 e. The fourth-order valence-corrected chi connectivity index (χ4v) is 2.33. The van der Waals surface area contributed by atoms with Crippen LogP contribution in [0.15, 0.2) is 65.2 Å². The van der Waals surface area contributed by atoms with Crippen LogP contribution in [0.5, 0.6) is 0 Å². The van der Waals surface area contributed by atoms with Crippen LogP contribution in [0.4, 0.5) is 0 Å². The van der Waals surface area contributed by atoms with Crippen molar-refractivity contribution in [2.45, 2.75) is 0 Å². The van der Waals surface area contributed by atoms with Gasteiger partial charge >= 0.3 is 0 Å². The summed E-state index contributed by atoms with van der Waals surface area (Å²) in [5.74, 6) is -0.672. The Kier molecular flexibility index (Phi) is 6.02. The Hall–Kier alpha value is -2.50. The van der Waals surface area contributed by atoms with Crippen LogP contribution < -0.4 is 5.48 Å². The van der Waals surface area contributed by atoms with Gasteiger partial charge < -0.3 is 0 Å². The van der Waals surface area contributed by atoms with Crippen LogP contribution in [0.25, 0.3) is 12.2 Å². The maximum atomic E-state index is 12.1. The summed E-state index contributed by atoms with van der Waals surface area (Å²) in [6.07, 6.45) is 6.05. The third-order valence-electron chi connectivity index (χ3n) is 3.04. The van der Waals surface area contributed by atoms with Crippen molar-refractivity contribution in [2.24, 2.45) is 0 Å². The van der Waals surface area contributed by atoms with Gasteiger partial charge in [0.1, 0.15) is 0 Å². The van der Waals surface area contributed by atoms with Gasteiger partial charge in [-0.1, -0.05) is 58.4 Å². The number of carbonyl (C=O) groups excluding carboxylic acids is 2. The van der Waals surface area contributed by atoms with Crippen LogP contribution in [0.3, 0.4) is 0 Å². The van der Waals surface area contributed by atoms with Crippen molar-refractivity contribution < 1.29 is 14.8 Å². The number of nitrogens with one attached hydrogen (secondary N) is 1. The van der Waals surface area contributed by atoms with Crippen LogP contribution in [-0.4, -0.2) is 16.9 Å². The Morgan fingerprint density at radius 2 is 1.48 bits per heavy atom. The van der Waals surface area contributed by atoms with Crippen LogP contribution in [0.2, 0.25) is 0 Å². The van der Waals surface area contributed by atoms with Gasteiger partial charge in [0, 0.05) is 16.1 Å². The summed E-state index contributed by atoms with van der Waals surface area (Å²) in [6.45, 7) is 0. The second kappa shape index (κ2) is 8.22. The lowest BCUT2D eigenvalue weighted by Gasteiger charge is -1.99. The third kappa shape index (κ3) is 5.02. The highest BCUT2D eigenvalue weighted by molar-refractivity contribution is 9.10. The molecule has 23 heavy (non-hydrogen) atoms. The zero-order valence-corrected chi connectivity index (χ0v) is 13.7. The normalized spacial score (nSPS) is 11.0. The van der Waals surface area contributed by atoms with Gasteiger partial charge in [-0.05, 0) is 35.4 Å². The van der Waals surface area contributed by atoms with E-state index in [4.69, 9.17) is 5.21 Å². The Morgan fingerprint density at radius 3 is 2.04 bits per heavy atom. The molecule has 1 amide bonds. The predicted octanol–water partition coefficient (Wildman–Crippen LogP) is 3.86. The minimum atomic E-state index is -0.590. The number of ketones is 1. The molecule has 0 fully saturated rings. The molecule has 4 nitrogen and oxygen atoms in total. The van der Waals surface area contributed by atoms with E-state index in [1.165, 1.54) is 17.6 Å². The van der Waals surface area contributed by atoms with E-state index in [0.29, 0.717) is 5.56 Å². The average molecular weight is 372 g/mol. The van der Waals surface area contributed by atoms with Gasteiger partial charge in [0.05, 0.1) is 0 Å². The first-order valence-electron chi connectivity index (χ1n) is 6.79. The van der Waals surface area contributed by atoms with Crippen molar-refractivity contribution in [1.82, 2.24) is 5.48 Å². The molecule has 0 aliphatic rings. The topological polar surface area (TPSA) is 66.4 Å². The van der Waals surface area contributed by atoms with Crippen molar-refractivity contribution in [2.75, 3.05) is 0 Å². The molecule has 116 valence electrons. The lowest BCUT2D eigenvalue weighted by molar-refractivity contribution is -0.124. The maximum absolute atomic E-state index is 12.1. The highest BCUT2D eigenvalue weighted by Crippen LogP contribution is 2.17. The third-order valence-corrected chi connectivity index (χ3v) is 3.73. The van der Waals surface area contributed by atoms with Gasteiger partial charge in [-0.3, -0.25) is 14.8 Å². The fourth-order valence-electron chi connectivity index (χ4n) is 1.85. The van der Waals surface area contributed by atoms with Crippen molar-refractivity contribution >= 4 is 39.8 Å². The smallest absolute Gasteiger partial charge is 0.267 e. The first-order chi connectivity index (χ1) is 11.1. The Labute approximate surface area is 142 Å². The van der Waals surface area contributed by atoms with E-state index in [0.717, 1.165) is 15.6 Å². The summed E-state index contributed by atoms with van der Waals surface area (Å²) in [5.41, 5.74) is 3.81. The number of hydrogen-bond donors (Lipinski definition) is 2. The number of allylic oxidation sites excluding steroid dienone is 1. The molecule has 0 aliphatic heterocycles. The molecule has 5 heteroatoms. The zero-order chi connectivity index (χ0) is 16.7. The van der Waals surface area contributed by atoms with Crippen molar-refractivity contribution in [1.29, 1.82) is 0 Å². The Balaban J connectivity index is 2.06. The molecule has 0 bridgehead atoms. The Bertz CT molecular complexity index is 764.